The second-order valence-electron chi connectivity index (χ2n) is 6.05. The van der Waals surface area contributed by atoms with Gasteiger partial charge in [-0.05, 0) is 28.8 Å². The summed E-state index contributed by atoms with van der Waals surface area (Å²) in [5.41, 5.74) is 5.26. The van der Waals surface area contributed by atoms with E-state index >= 15 is 0 Å². The molecule has 28 heavy (non-hydrogen) atoms. The number of ether oxygens (including phenoxy) is 1. The molecule has 1 amide bonds. The zero-order valence-corrected chi connectivity index (χ0v) is 15.3. The van der Waals surface area contributed by atoms with Crippen LogP contribution in [0.1, 0.15) is 22.6 Å². The first kappa shape index (κ1) is 18.9. The molecule has 0 aliphatic carbocycles. The van der Waals surface area contributed by atoms with Gasteiger partial charge in [-0.15, -0.1) is 6.42 Å². The van der Waals surface area contributed by atoms with E-state index in [1.165, 1.54) is 0 Å². The van der Waals surface area contributed by atoms with Gasteiger partial charge in [0.25, 0.3) is 5.91 Å². The lowest BCUT2D eigenvalue weighted by Gasteiger charge is -2.16. The highest BCUT2D eigenvalue weighted by Crippen LogP contribution is 2.24. The third-order valence-electron chi connectivity index (χ3n) is 4.10. The lowest BCUT2D eigenvalue weighted by Crippen LogP contribution is -2.26. The summed E-state index contributed by atoms with van der Waals surface area (Å²) in [4.78, 5) is 12.9. The molecule has 4 heteroatoms. The molecule has 3 aromatic carbocycles. The van der Waals surface area contributed by atoms with Gasteiger partial charge < -0.3 is 4.74 Å². The van der Waals surface area contributed by atoms with Crippen molar-refractivity contribution in [3.8, 4) is 18.1 Å². The SMILES string of the molecule is C#CCOc1cccc(/C=N\NC(=O)C(c2ccccc2)c2ccccc2)c1. The quantitative estimate of drug-likeness (QED) is 0.390. The third-order valence-corrected chi connectivity index (χ3v) is 4.10. The number of nitrogens with one attached hydrogen (secondary N) is 1. The highest BCUT2D eigenvalue weighted by Gasteiger charge is 2.22. The maximum absolute atomic E-state index is 12.9. The number of amides is 1. The first-order chi connectivity index (χ1) is 13.8. The number of hydrazone groups is 1. The van der Waals surface area contributed by atoms with E-state index < -0.39 is 5.92 Å². The Bertz CT molecular complexity index is 937. The Morgan fingerprint density at radius 3 is 2.25 bits per heavy atom. The largest absolute Gasteiger partial charge is 0.481 e. The van der Waals surface area contributed by atoms with Crippen LogP contribution in [0, 0.1) is 12.3 Å². The Hall–Kier alpha value is -3.84. The van der Waals surface area contributed by atoms with Crippen LogP contribution in [-0.2, 0) is 4.79 Å². The van der Waals surface area contributed by atoms with Crippen LogP contribution in [-0.4, -0.2) is 18.7 Å². The minimum atomic E-state index is -0.440. The van der Waals surface area contributed by atoms with Crippen LogP contribution < -0.4 is 10.2 Å². The molecule has 0 spiro atoms. The second kappa shape index (κ2) is 9.75. The fourth-order valence-corrected chi connectivity index (χ4v) is 2.83. The Labute approximate surface area is 164 Å². The predicted molar refractivity (Wildman–Crippen MR) is 111 cm³/mol. The van der Waals surface area contributed by atoms with E-state index in [-0.39, 0.29) is 12.5 Å². The Kier molecular flexibility index (Phi) is 6.59. The first-order valence-corrected chi connectivity index (χ1v) is 8.87. The van der Waals surface area contributed by atoms with Gasteiger partial charge in [0.2, 0.25) is 0 Å². The monoisotopic (exact) mass is 368 g/mol. The van der Waals surface area contributed by atoms with Crippen molar-refractivity contribution in [2.45, 2.75) is 5.92 Å². The lowest BCUT2D eigenvalue weighted by molar-refractivity contribution is -0.121. The number of carbonyl (C=O) groups excluding carboxylic acids is 1. The topological polar surface area (TPSA) is 50.7 Å². The molecule has 3 aromatic rings. The molecule has 0 bridgehead atoms. The second-order valence-corrected chi connectivity index (χ2v) is 6.05. The van der Waals surface area contributed by atoms with Gasteiger partial charge >= 0.3 is 0 Å². The van der Waals surface area contributed by atoms with Crippen LogP contribution in [0.3, 0.4) is 0 Å². The predicted octanol–water partition coefficient (Wildman–Crippen LogP) is 3.98. The van der Waals surface area contributed by atoms with Gasteiger partial charge in [-0.1, -0.05) is 78.7 Å². The van der Waals surface area contributed by atoms with E-state index in [0.29, 0.717) is 5.75 Å². The Morgan fingerprint density at radius 1 is 1.00 bits per heavy atom. The molecule has 0 aromatic heterocycles. The fourth-order valence-electron chi connectivity index (χ4n) is 2.83. The zero-order chi connectivity index (χ0) is 19.6. The number of terminal acetylenes is 1. The molecule has 1 N–H and O–H groups in total. The molecule has 3 rings (SSSR count). The summed E-state index contributed by atoms with van der Waals surface area (Å²) in [5, 5.41) is 4.11. The Morgan fingerprint density at radius 2 is 1.64 bits per heavy atom. The van der Waals surface area contributed by atoms with E-state index in [1.54, 1.807) is 12.3 Å². The highest BCUT2D eigenvalue weighted by atomic mass is 16.5. The summed E-state index contributed by atoms with van der Waals surface area (Å²) < 4.78 is 5.39. The minimum absolute atomic E-state index is 0.201. The third kappa shape index (κ3) is 5.09. The normalized spacial score (nSPS) is 10.6. The Balaban J connectivity index is 1.74. The van der Waals surface area contributed by atoms with E-state index in [0.717, 1.165) is 16.7 Å². The van der Waals surface area contributed by atoms with Gasteiger partial charge in [0.1, 0.15) is 12.4 Å². The molecule has 0 radical (unpaired) electrons. The molecule has 4 nitrogen and oxygen atoms in total. The van der Waals surface area contributed by atoms with Gasteiger partial charge in [0.05, 0.1) is 12.1 Å². The van der Waals surface area contributed by atoms with E-state index in [9.17, 15) is 4.79 Å². The van der Waals surface area contributed by atoms with Gasteiger partial charge in [-0.3, -0.25) is 4.79 Å². The van der Waals surface area contributed by atoms with Gasteiger partial charge in [-0.2, -0.15) is 5.10 Å². The summed E-state index contributed by atoms with van der Waals surface area (Å²) in [7, 11) is 0. The highest BCUT2D eigenvalue weighted by molar-refractivity contribution is 5.88. The standard InChI is InChI=1S/C24H20N2O2/c1-2-16-28-22-15-9-10-19(17-22)18-25-26-24(27)23(20-11-5-3-6-12-20)21-13-7-4-8-14-21/h1,3-15,17-18,23H,16H2,(H,26,27)/b25-18-. The van der Waals surface area contributed by atoms with Crippen molar-refractivity contribution in [1.29, 1.82) is 0 Å². The molecule has 0 saturated carbocycles. The number of carbonyl (C=O) groups is 1. The van der Waals surface area contributed by atoms with Crippen LogP contribution >= 0.6 is 0 Å². The minimum Gasteiger partial charge on any atom is -0.481 e. The van der Waals surface area contributed by atoms with Crippen molar-refractivity contribution >= 4 is 12.1 Å². The number of hydrogen-bond acceptors (Lipinski definition) is 3. The van der Waals surface area contributed by atoms with Gasteiger partial charge in [0, 0.05) is 0 Å². The number of rotatable bonds is 7. The molecule has 138 valence electrons. The van der Waals surface area contributed by atoms with Crippen molar-refractivity contribution in [2.75, 3.05) is 6.61 Å². The van der Waals surface area contributed by atoms with Crippen molar-refractivity contribution in [3.05, 3.63) is 102 Å². The van der Waals surface area contributed by atoms with Crippen LogP contribution in [0.15, 0.2) is 90.0 Å². The molecular weight excluding hydrogens is 348 g/mol. The van der Waals surface area contributed by atoms with Crippen LogP contribution in [0.25, 0.3) is 0 Å². The van der Waals surface area contributed by atoms with Crippen LogP contribution in [0.5, 0.6) is 5.75 Å². The van der Waals surface area contributed by atoms with Crippen LogP contribution in [0.4, 0.5) is 0 Å². The van der Waals surface area contributed by atoms with Gasteiger partial charge in [0.15, 0.2) is 0 Å². The lowest BCUT2D eigenvalue weighted by atomic mass is 9.91. The molecular formula is C24H20N2O2. The molecule has 0 aliphatic heterocycles. The molecule has 0 aliphatic rings. The van der Waals surface area contributed by atoms with Gasteiger partial charge in [-0.25, -0.2) is 5.43 Å². The summed E-state index contributed by atoms with van der Waals surface area (Å²) in [6.45, 7) is 0.202. The molecule has 0 fully saturated rings. The number of benzene rings is 3. The average molecular weight is 368 g/mol. The van der Waals surface area contributed by atoms with Crippen molar-refractivity contribution < 1.29 is 9.53 Å². The smallest absolute Gasteiger partial charge is 0.252 e. The van der Waals surface area contributed by atoms with Crippen molar-refractivity contribution in [2.24, 2.45) is 5.10 Å². The van der Waals surface area contributed by atoms with E-state index in [2.05, 4.69) is 16.4 Å². The van der Waals surface area contributed by atoms with E-state index in [1.807, 2.05) is 78.9 Å². The molecule has 0 saturated heterocycles. The zero-order valence-electron chi connectivity index (χ0n) is 15.3. The number of nitrogens with zero attached hydrogens (tertiary/aromatic N) is 1. The van der Waals surface area contributed by atoms with E-state index in [4.69, 9.17) is 11.2 Å². The number of hydrogen-bond donors (Lipinski definition) is 1. The molecule has 0 atom stereocenters. The average Bonchev–Trinajstić information content (AvgIpc) is 2.74. The summed E-state index contributed by atoms with van der Waals surface area (Å²) in [6.07, 6.45) is 6.78. The van der Waals surface area contributed by atoms with Crippen molar-refractivity contribution in [3.63, 3.8) is 0 Å². The molecule has 0 heterocycles. The maximum Gasteiger partial charge on any atom is 0.252 e. The summed E-state index contributed by atoms with van der Waals surface area (Å²) in [6, 6.07) is 26.6. The van der Waals surface area contributed by atoms with Crippen molar-refractivity contribution in [1.82, 2.24) is 5.43 Å². The summed E-state index contributed by atoms with van der Waals surface area (Å²) in [5.74, 6) is 2.44. The first-order valence-electron chi connectivity index (χ1n) is 8.87. The maximum atomic E-state index is 12.9. The fraction of sp³-hybridized carbons (Fsp3) is 0.0833. The van der Waals surface area contributed by atoms with Crippen LogP contribution in [0.2, 0.25) is 0 Å². The summed E-state index contributed by atoms with van der Waals surface area (Å²) >= 11 is 0. The molecule has 0 unspecified atom stereocenters.